The molecule has 0 unspecified atom stereocenters. The van der Waals surface area contributed by atoms with Gasteiger partial charge >= 0.3 is 0 Å². The molecule has 0 spiro atoms. The Bertz CT molecular complexity index is 1350. The highest BCUT2D eigenvalue weighted by molar-refractivity contribution is 6.27. The molecule has 3 aromatic carbocycles. The first-order chi connectivity index (χ1) is 13.6. The van der Waals surface area contributed by atoms with Gasteiger partial charge in [-0.3, -0.25) is 4.79 Å². The topological polar surface area (TPSA) is 64.7 Å². The Morgan fingerprint density at radius 1 is 0.679 bits per heavy atom. The summed E-state index contributed by atoms with van der Waals surface area (Å²) in [7, 11) is 0. The lowest BCUT2D eigenvalue weighted by atomic mass is 9.93. The van der Waals surface area contributed by atoms with Crippen LogP contribution in [0.2, 0.25) is 0 Å². The van der Waals surface area contributed by atoms with Crippen LogP contribution in [0.4, 0.5) is 8.78 Å². The smallest absolute Gasteiger partial charge is 0.197 e. The summed E-state index contributed by atoms with van der Waals surface area (Å²) in [5.74, 6) is -1.68. The molecule has 2 aliphatic rings. The number of halogens is 2. The first-order valence-electron chi connectivity index (χ1n) is 8.43. The minimum Gasteiger partial charge on any atom is -0.288 e. The van der Waals surface area contributed by atoms with Gasteiger partial charge in [0.05, 0.1) is 5.56 Å². The lowest BCUT2D eigenvalue weighted by Gasteiger charge is -2.08. The van der Waals surface area contributed by atoms with Crippen molar-refractivity contribution in [3.63, 3.8) is 0 Å². The standard InChI is InChI=1S/C23H8F2N2O/c24-16-5-2-4-14-19-15(18(20(14)16)11(9-26)10-27)8-7-13-12-3-1-6-17(25)21(12)23(28)22(13)19/h1-8H. The van der Waals surface area contributed by atoms with E-state index in [0.29, 0.717) is 27.8 Å². The summed E-state index contributed by atoms with van der Waals surface area (Å²) < 4.78 is 29.1. The van der Waals surface area contributed by atoms with Gasteiger partial charge in [-0.1, -0.05) is 36.4 Å². The van der Waals surface area contributed by atoms with Crippen LogP contribution < -0.4 is 0 Å². The first kappa shape index (κ1) is 16.1. The maximum Gasteiger partial charge on any atom is 0.197 e. The molecule has 5 heteroatoms. The number of hydrogen-bond donors (Lipinski definition) is 0. The van der Waals surface area contributed by atoms with Crippen molar-refractivity contribution in [1.29, 1.82) is 10.5 Å². The van der Waals surface area contributed by atoms with Gasteiger partial charge in [0.2, 0.25) is 0 Å². The largest absolute Gasteiger partial charge is 0.288 e. The molecule has 2 aliphatic carbocycles. The molecule has 0 bridgehead atoms. The fourth-order valence-corrected chi connectivity index (χ4v) is 4.17. The van der Waals surface area contributed by atoms with E-state index in [1.165, 1.54) is 24.3 Å². The number of nitriles is 2. The summed E-state index contributed by atoms with van der Waals surface area (Å²) in [6.07, 6.45) is 0. The molecule has 3 aromatic rings. The van der Waals surface area contributed by atoms with E-state index in [2.05, 4.69) is 0 Å². The Morgan fingerprint density at radius 3 is 1.93 bits per heavy atom. The Labute approximate surface area is 158 Å². The highest BCUT2D eigenvalue weighted by Gasteiger charge is 2.38. The number of allylic oxidation sites excluding steroid dienone is 1. The van der Waals surface area contributed by atoms with Crippen LogP contribution in [0.15, 0.2) is 54.1 Å². The van der Waals surface area contributed by atoms with Crippen molar-refractivity contribution >= 4 is 11.4 Å². The number of benzene rings is 3. The van der Waals surface area contributed by atoms with E-state index >= 15 is 0 Å². The molecular weight excluding hydrogens is 358 g/mol. The van der Waals surface area contributed by atoms with Crippen LogP contribution in [-0.4, -0.2) is 5.78 Å². The Morgan fingerprint density at radius 2 is 1.25 bits per heavy atom. The summed E-state index contributed by atoms with van der Waals surface area (Å²) in [5, 5.41) is 18.8. The Hall–Kier alpha value is -4.09. The lowest BCUT2D eigenvalue weighted by molar-refractivity contribution is 0.104. The molecule has 0 atom stereocenters. The molecule has 0 amide bonds. The van der Waals surface area contributed by atoms with Crippen molar-refractivity contribution in [3.05, 3.63) is 88.0 Å². The fourth-order valence-electron chi connectivity index (χ4n) is 4.17. The van der Waals surface area contributed by atoms with E-state index in [0.717, 1.165) is 0 Å². The molecule has 0 saturated heterocycles. The van der Waals surface area contributed by atoms with Crippen molar-refractivity contribution in [2.24, 2.45) is 0 Å². The van der Waals surface area contributed by atoms with Gasteiger partial charge in [-0.05, 0) is 34.4 Å². The van der Waals surface area contributed by atoms with Gasteiger partial charge in [-0.2, -0.15) is 10.5 Å². The van der Waals surface area contributed by atoms with Gasteiger partial charge in [-0.25, -0.2) is 8.78 Å². The number of fused-ring (bicyclic) bond motifs is 7. The average molecular weight is 366 g/mol. The predicted octanol–water partition coefficient (Wildman–Crippen LogP) is 5.01. The molecule has 0 saturated carbocycles. The van der Waals surface area contributed by atoms with Crippen LogP contribution >= 0.6 is 0 Å². The summed E-state index contributed by atoms with van der Waals surface area (Å²) >= 11 is 0. The normalized spacial score (nSPS) is 12.6. The van der Waals surface area contributed by atoms with E-state index in [1.807, 2.05) is 12.1 Å². The zero-order valence-corrected chi connectivity index (χ0v) is 14.2. The van der Waals surface area contributed by atoms with Crippen LogP contribution in [0.5, 0.6) is 0 Å². The quantitative estimate of drug-likeness (QED) is 0.362. The van der Waals surface area contributed by atoms with Gasteiger partial charge in [0.25, 0.3) is 0 Å². The molecular formula is C23H8F2N2O. The summed E-state index contributed by atoms with van der Waals surface area (Å²) in [4.78, 5) is 13.1. The molecule has 0 aliphatic heterocycles. The summed E-state index contributed by atoms with van der Waals surface area (Å²) in [6.45, 7) is 0. The third-order valence-corrected chi connectivity index (χ3v) is 5.24. The number of ketones is 1. The van der Waals surface area contributed by atoms with Gasteiger partial charge < -0.3 is 0 Å². The maximum absolute atomic E-state index is 14.7. The second-order valence-corrected chi connectivity index (χ2v) is 6.54. The van der Waals surface area contributed by atoms with E-state index in [9.17, 15) is 24.1 Å². The number of rotatable bonds is 0. The van der Waals surface area contributed by atoms with Crippen molar-refractivity contribution in [3.8, 4) is 34.4 Å². The van der Waals surface area contributed by atoms with Crippen molar-refractivity contribution in [2.45, 2.75) is 0 Å². The predicted molar refractivity (Wildman–Crippen MR) is 97.9 cm³/mol. The molecule has 130 valence electrons. The molecule has 0 N–H and O–H groups in total. The average Bonchev–Trinajstić information content (AvgIpc) is 3.18. The minimum atomic E-state index is -0.615. The second-order valence-electron chi connectivity index (χ2n) is 6.54. The third-order valence-electron chi connectivity index (χ3n) is 5.24. The summed E-state index contributed by atoms with van der Waals surface area (Å²) in [5.41, 5.74) is 2.64. The fraction of sp³-hybridized carbons (Fsp3) is 0. The van der Waals surface area contributed by atoms with Crippen LogP contribution in [0.25, 0.3) is 27.8 Å². The van der Waals surface area contributed by atoms with Crippen LogP contribution in [0.3, 0.4) is 0 Å². The van der Waals surface area contributed by atoms with Crippen molar-refractivity contribution in [2.75, 3.05) is 0 Å². The molecule has 5 rings (SSSR count). The van der Waals surface area contributed by atoms with E-state index in [-0.39, 0.29) is 27.8 Å². The highest BCUT2D eigenvalue weighted by Crippen LogP contribution is 2.52. The molecule has 0 heterocycles. The molecule has 0 aromatic heterocycles. The maximum atomic E-state index is 14.7. The van der Waals surface area contributed by atoms with Gasteiger partial charge in [0.15, 0.2) is 5.78 Å². The first-order valence-corrected chi connectivity index (χ1v) is 8.43. The number of carbonyl (C=O) groups excluding carboxylic acids is 1. The highest BCUT2D eigenvalue weighted by atomic mass is 19.1. The van der Waals surface area contributed by atoms with Crippen LogP contribution in [-0.2, 0) is 0 Å². The zero-order chi connectivity index (χ0) is 19.6. The van der Waals surface area contributed by atoms with Gasteiger partial charge in [-0.15, -0.1) is 0 Å². The lowest BCUT2D eigenvalue weighted by Crippen LogP contribution is -2.01. The monoisotopic (exact) mass is 366 g/mol. The van der Waals surface area contributed by atoms with E-state index in [4.69, 9.17) is 0 Å². The minimum absolute atomic E-state index is 0.0120. The molecule has 3 nitrogen and oxygen atoms in total. The third kappa shape index (κ3) is 1.80. The Balaban J connectivity index is 1.96. The van der Waals surface area contributed by atoms with Gasteiger partial charge in [0, 0.05) is 22.3 Å². The zero-order valence-electron chi connectivity index (χ0n) is 14.2. The van der Waals surface area contributed by atoms with E-state index < -0.39 is 17.4 Å². The number of nitrogens with zero attached hydrogens (tertiary/aromatic N) is 2. The van der Waals surface area contributed by atoms with Crippen LogP contribution in [0, 0.1) is 34.3 Å². The number of carbonyl (C=O) groups is 1. The molecule has 28 heavy (non-hydrogen) atoms. The van der Waals surface area contributed by atoms with Crippen molar-refractivity contribution in [1.82, 2.24) is 0 Å². The van der Waals surface area contributed by atoms with Crippen molar-refractivity contribution < 1.29 is 13.6 Å². The SMILES string of the molecule is N#CC(C#N)=C1c2ccc3c(c2-c2cccc(F)c21)C(=O)c1c(F)cccc1-3. The Kier molecular flexibility index (Phi) is 3.14. The molecule has 0 fully saturated rings. The number of hydrogen-bond acceptors (Lipinski definition) is 3. The van der Waals surface area contributed by atoms with Gasteiger partial charge in [0.1, 0.15) is 29.3 Å². The van der Waals surface area contributed by atoms with Crippen LogP contribution in [0.1, 0.15) is 27.0 Å². The van der Waals surface area contributed by atoms with E-state index in [1.54, 1.807) is 24.3 Å². The second kappa shape index (κ2) is 5.45. The molecule has 0 radical (unpaired) electrons. The summed E-state index contributed by atoms with van der Waals surface area (Å²) in [6, 6.07) is 15.8.